The standard InChI is InChI=1S/C29H22Br2N6O3/c30-18-5-1-16(2-6-18)21(38)13-29(15-33)23-20(14-32)28(37-9-11-40-12-10-37)36-27(35)22(23)25(34)24(29)26(39)17-3-7-19(31)8-4-17/h1-8H,9-13,34H2,(H2,35,36)/t29-/m0/s1. The predicted molar refractivity (Wildman–Crippen MR) is 156 cm³/mol. The molecule has 1 fully saturated rings. The van der Waals surface area contributed by atoms with E-state index in [9.17, 15) is 20.1 Å². The molecule has 0 radical (unpaired) electrons. The lowest BCUT2D eigenvalue weighted by atomic mass is 9.70. The number of benzene rings is 2. The van der Waals surface area contributed by atoms with Crippen molar-refractivity contribution in [3.63, 3.8) is 0 Å². The van der Waals surface area contributed by atoms with Crippen LogP contribution in [0.1, 0.15) is 43.8 Å². The second-order valence-corrected chi connectivity index (χ2v) is 11.2. The van der Waals surface area contributed by atoms with Crippen molar-refractivity contribution in [3.8, 4) is 12.1 Å². The van der Waals surface area contributed by atoms with Gasteiger partial charge in [-0.1, -0.05) is 44.0 Å². The van der Waals surface area contributed by atoms with Gasteiger partial charge >= 0.3 is 0 Å². The van der Waals surface area contributed by atoms with Crippen molar-refractivity contribution in [2.24, 2.45) is 5.73 Å². The number of pyridine rings is 1. The number of Topliss-reactive ketones (excluding diaryl/α,β-unsaturated/α-hetero) is 2. The molecule has 1 aliphatic carbocycles. The van der Waals surface area contributed by atoms with Crippen LogP contribution in [0.5, 0.6) is 0 Å². The van der Waals surface area contributed by atoms with Gasteiger partial charge in [-0.25, -0.2) is 4.98 Å². The molecule has 0 amide bonds. The molecule has 4 N–H and O–H groups in total. The first-order valence-electron chi connectivity index (χ1n) is 12.3. The number of ketones is 2. The van der Waals surface area contributed by atoms with Crippen LogP contribution in [0.2, 0.25) is 0 Å². The Hall–Kier alpha value is -4.03. The number of nitrogens with two attached hydrogens (primary N) is 2. The van der Waals surface area contributed by atoms with Gasteiger partial charge in [-0.2, -0.15) is 10.5 Å². The summed E-state index contributed by atoms with van der Waals surface area (Å²) < 4.78 is 6.99. The molecule has 2 aliphatic rings. The third-order valence-electron chi connectivity index (χ3n) is 7.14. The van der Waals surface area contributed by atoms with Crippen LogP contribution in [0.25, 0.3) is 5.70 Å². The third-order valence-corrected chi connectivity index (χ3v) is 8.19. The molecular weight excluding hydrogens is 640 g/mol. The zero-order valence-electron chi connectivity index (χ0n) is 21.1. The van der Waals surface area contributed by atoms with E-state index in [0.29, 0.717) is 31.9 Å². The Morgan fingerprint density at radius 3 is 2.10 bits per heavy atom. The number of anilines is 2. The summed E-state index contributed by atoms with van der Waals surface area (Å²) in [5.74, 6) is -0.698. The number of nitriles is 2. The maximum atomic E-state index is 14.1. The number of nitrogens with zero attached hydrogens (tertiary/aromatic N) is 4. The molecule has 2 heterocycles. The number of carbonyl (C=O) groups excluding carboxylic acids is 2. The number of aromatic nitrogens is 1. The first-order chi connectivity index (χ1) is 19.2. The first-order valence-corrected chi connectivity index (χ1v) is 13.9. The Balaban J connectivity index is 1.77. The van der Waals surface area contributed by atoms with Gasteiger partial charge in [0.25, 0.3) is 0 Å². The van der Waals surface area contributed by atoms with Gasteiger partial charge in [0.15, 0.2) is 11.6 Å². The number of nitrogen functional groups attached to an aromatic ring is 1. The number of hydrogen-bond donors (Lipinski definition) is 2. The van der Waals surface area contributed by atoms with E-state index in [1.807, 2.05) is 4.90 Å². The van der Waals surface area contributed by atoms with Crippen LogP contribution in [-0.2, 0) is 10.2 Å². The van der Waals surface area contributed by atoms with Crippen molar-refractivity contribution in [1.82, 2.24) is 4.98 Å². The van der Waals surface area contributed by atoms with Gasteiger partial charge in [-0.3, -0.25) is 9.59 Å². The molecule has 0 spiro atoms. The van der Waals surface area contributed by atoms with E-state index in [1.165, 1.54) is 0 Å². The Morgan fingerprint density at radius 2 is 1.55 bits per heavy atom. The van der Waals surface area contributed by atoms with E-state index in [2.05, 4.69) is 49.0 Å². The minimum Gasteiger partial charge on any atom is -0.398 e. The van der Waals surface area contributed by atoms with Gasteiger partial charge in [0.1, 0.15) is 28.7 Å². The summed E-state index contributed by atoms with van der Waals surface area (Å²) in [7, 11) is 0. The molecule has 1 aromatic heterocycles. The molecule has 0 bridgehead atoms. The fourth-order valence-electron chi connectivity index (χ4n) is 5.25. The van der Waals surface area contributed by atoms with Crippen LogP contribution in [-0.4, -0.2) is 42.9 Å². The monoisotopic (exact) mass is 660 g/mol. The lowest BCUT2D eigenvalue weighted by Gasteiger charge is -2.31. The average molecular weight is 662 g/mol. The Kier molecular flexibility index (Phi) is 7.47. The molecular formula is C29H22Br2N6O3. The predicted octanol–water partition coefficient (Wildman–Crippen LogP) is 4.50. The van der Waals surface area contributed by atoms with E-state index in [4.69, 9.17) is 16.2 Å². The zero-order chi connectivity index (χ0) is 28.6. The first kappa shape index (κ1) is 27.5. The van der Waals surface area contributed by atoms with Gasteiger partial charge in [0, 0.05) is 56.3 Å². The Bertz CT molecular complexity index is 1650. The van der Waals surface area contributed by atoms with Crippen molar-refractivity contribution >= 4 is 60.8 Å². The largest absolute Gasteiger partial charge is 0.398 e. The molecule has 0 unspecified atom stereocenters. The van der Waals surface area contributed by atoms with Crippen molar-refractivity contribution in [1.29, 1.82) is 10.5 Å². The van der Waals surface area contributed by atoms with Crippen LogP contribution in [0.4, 0.5) is 11.6 Å². The Labute approximate surface area is 247 Å². The number of allylic oxidation sites excluding steroid dienone is 1. The van der Waals surface area contributed by atoms with Crippen LogP contribution in [0.3, 0.4) is 0 Å². The van der Waals surface area contributed by atoms with E-state index in [0.717, 1.165) is 8.95 Å². The summed E-state index contributed by atoms with van der Waals surface area (Å²) in [6, 6.07) is 17.7. The number of morpholine rings is 1. The number of rotatable bonds is 6. The third kappa shape index (κ3) is 4.56. The molecule has 200 valence electrons. The molecule has 3 aromatic rings. The van der Waals surface area contributed by atoms with Crippen LogP contribution >= 0.6 is 31.9 Å². The number of ether oxygens (including phenoxy) is 1. The number of halogens is 2. The molecule has 5 rings (SSSR count). The summed E-state index contributed by atoms with van der Waals surface area (Å²) >= 11 is 6.73. The smallest absolute Gasteiger partial charge is 0.193 e. The van der Waals surface area contributed by atoms with Crippen LogP contribution in [0, 0.1) is 22.7 Å². The van der Waals surface area contributed by atoms with Crippen molar-refractivity contribution in [2.75, 3.05) is 36.9 Å². The van der Waals surface area contributed by atoms with E-state index >= 15 is 0 Å². The lowest BCUT2D eigenvalue weighted by molar-refractivity contribution is 0.0961. The zero-order valence-corrected chi connectivity index (χ0v) is 24.3. The normalized spacial score (nSPS) is 18.1. The van der Waals surface area contributed by atoms with Crippen LogP contribution in [0.15, 0.2) is 63.0 Å². The molecule has 2 aromatic carbocycles. The minimum atomic E-state index is -1.89. The lowest BCUT2D eigenvalue weighted by Crippen LogP contribution is -2.38. The number of hydrogen-bond acceptors (Lipinski definition) is 9. The molecule has 1 aliphatic heterocycles. The number of carbonyl (C=O) groups is 2. The van der Waals surface area contributed by atoms with Crippen LogP contribution < -0.4 is 16.4 Å². The molecule has 1 atom stereocenters. The molecule has 0 saturated carbocycles. The average Bonchev–Trinajstić information content (AvgIpc) is 3.22. The fraction of sp³-hybridized carbons (Fsp3) is 0.207. The van der Waals surface area contributed by atoms with E-state index in [-0.39, 0.29) is 45.2 Å². The maximum absolute atomic E-state index is 14.1. The van der Waals surface area contributed by atoms with E-state index < -0.39 is 23.4 Å². The summed E-state index contributed by atoms with van der Waals surface area (Å²) in [4.78, 5) is 34.1. The molecule has 40 heavy (non-hydrogen) atoms. The van der Waals surface area contributed by atoms with Gasteiger partial charge in [0.2, 0.25) is 0 Å². The molecule has 11 heteroatoms. The fourth-order valence-corrected chi connectivity index (χ4v) is 5.78. The summed E-state index contributed by atoms with van der Waals surface area (Å²) in [5.41, 5.74) is 11.9. The van der Waals surface area contributed by atoms with Gasteiger partial charge in [-0.15, -0.1) is 0 Å². The number of fused-ring (bicyclic) bond motifs is 1. The summed E-state index contributed by atoms with van der Waals surface area (Å²) in [6.45, 7) is 1.74. The highest BCUT2D eigenvalue weighted by Crippen LogP contribution is 2.52. The highest BCUT2D eigenvalue weighted by molar-refractivity contribution is 9.10. The maximum Gasteiger partial charge on any atom is 0.193 e. The van der Waals surface area contributed by atoms with Crippen molar-refractivity contribution in [3.05, 3.63) is 90.9 Å². The second-order valence-electron chi connectivity index (χ2n) is 9.41. The Morgan fingerprint density at radius 1 is 0.975 bits per heavy atom. The minimum absolute atomic E-state index is 0.0256. The SMILES string of the molecule is N#Cc1c(N2CCOCC2)nc(N)c2c1[C@@](C#N)(CC(=O)c1ccc(Br)cc1)C(C(=O)c1ccc(Br)cc1)=C2N. The molecule has 1 saturated heterocycles. The van der Waals surface area contributed by atoms with Crippen molar-refractivity contribution in [2.45, 2.75) is 11.8 Å². The highest BCUT2D eigenvalue weighted by Gasteiger charge is 2.53. The highest BCUT2D eigenvalue weighted by atomic mass is 79.9. The van der Waals surface area contributed by atoms with Gasteiger partial charge in [-0.05, 0) is 36.4 Å². The van der Waals surface area contributed by atoms with Gasteiger partial charge in [0.05, 0.1) is 25.0 Å². The molecule has 9 nitrogen and oxygen atoms in total. The van der Waals surface area contributed by atoms with Gasteiger partial charge < -0.3 is 21.1 Å². The topological polar surface area (TPSA) is 159 Å². The summed E-state index contributed by atoms with van der Waals surface area (Å²) in [6.07, 6.45) is -0.433. The van der Waals surface area contributed by atoms with Crippen molar-refractivity contribution < 1.29 is 14.3 Å². The quantitative estimate of drug-likeness (QED) is 0.363. The second kappa shape index (κ2) is 10.9. The summed E-state index contributed by atoms with van der Waals surface area (Å²) in [5, 5.41) is 21.3. The van der Waals surface area contributed by atoms with E-state index in [1.54, 1.807) is 48.5 Å².